The van der Waals surface area contributed by atoms with E-state index in [0.29, 0.717) is 5.54 Å². The van der Waals surface area contributed by atoms with Crippen molar-refractivity contribution in [3.63, 3.8) is 0 Å². The predicted octanol–water partition coefficient (Wildman–Crippen LogP) is 1.57. The second-order valence-corrected chi connectivity index (χ2v) is 8.16. The van der Waals surface area contributed by atoms with Crippen molar-refractivity contribution in [3.8, 4) is 0 Å². The van der Waals surface area contributed by atoms with E-state index in [2.05, 4.69) is 68.2 Å². The van der Waals surface area contributed by atoms with Crippen molar-refractivity contribution in [3.05, 3.63) is 30.3 Å². The first-order valence-electron chi connectivity index (χ1n) is 5.64. The molecule has 0 fully saturated rings. The maximum absolute atomic E-state index is 3.56. The Labute approximate surface area is 94.3 Å². The Hall–Kier alpha value is -0.643. The highest BCUT2D eigenvalue weighted by Crippen LogP contribution is 2.19. The zero-order chi connectivity index (χ0) is 11.3. The summed E-state index contributed by atoms with van der Waals surface area (Å²) in [5, 5.41) is 1.43. The van der Waals surface area contributed by atoms with Crippen LogP contribution in [0.25, 0.3) is 0 Å². The van der Waals surface area contributed by atoms with Crippen LogP contribution < -0.4 is 15.2 Å². The molecule has 0 spiro atoms. The molecule has 1 atom stereocenters. The Kier molecular flexibility index (Phi) is 4.51. The normalized spacial score (nSPS) is 13.9. The molecular formula is C12H22N2Si. The SMILES string of the molecule is CCC(C)[Si](NC)(NC)c1ccccc1. The van der Waals surface area contributed by atoms with E-state index in [1.807, 2.05) is 0 Å². The van der Waals surface area contributed by atoms with Gasteiger partial charge in [0.1, 0.15) is 0 Å². The summed E-state index contributed by atoms with van der Waals surface area (Å²) in [5.74, 6) is 0. The zero-order valence-corrected chi connectivity index (χ0v) is 11.2. The van der Waals surface area contributed by atoms with Crippen molar-refractivity contribution in [2.24, 2.45) is 0 Å². The molecule has 2 N–H and O–H groups in total. The summed E-state index contributed by atoms with van der Waals surface area (Å²) < 4.78 is 0. The lowest BCUT2D eigenvalue weighted by Crippen LogP contribution is -2.70. The summed E-state index contributed by atoms with van der Waals surface area (Å²) in [6.07, 6.45) is 1.20. The number of hydrogen-bond acceptors (Lipinski definition) is 2. The van der Waals surface area contributed by atoms with Gasteiger partial charge in [-0.1, -0.05) is 50.6 Å². The molecule has 0 radical (unpaired) electrons. The molecule has 1 aromatic rings. The Bertz CT molecular complexity index is 283. The molecule has 1 aromatic carbocycles. The van der Waals surface area contributed by atoms with Crippen LogP contribution in [0.15, 0.2) is 30.3 Å². The smallest absolute Gasteiger partial charge is 0.236 e. The van der Waals surface area contributed by atoms with Gasteiger partial charge >= 0.3 is 0 Å². The number of benzene rings is 1. The first-order chi connectivity index (χ1) is 7.21. The van der Waals surface area contributed by atoms with Crippen LogP contribution in [0.4, 0.5) is 0 Å². The highest BCUT2D eigenvalue weighted by atomic mass is 28.3. The second-order valence-electron chi connectivity index (χ2n) is 3.98. The maximum atomic E-state index is 3.56. The number of rotatable bonds is 5. The Balaban J connectivity index is 3.11. The van der Waals surface area contributed by atoms with E-state index in [-0.39, 0.29) is 0 Å². The highest BCUT2D eigenvalue weighted by Gasteiger charge is 2.37. The van der Waals surface area contributed by atoms with Gasteiger partial charge in [0.2, 0.25) is 8.40 Å². The first kappa shape index (κ1) is 12.4. The second kappa shape index (κ2) is 5.44. The van der Waals surface area contributed by atoms with Crippen LogP contribution in [0.2, 0.25) is 5.54 Å². The summed E-state index contributed by atoms with van der Waals surface area (Å²) in [7, 11) is 2.42. The maximum Gasteiger partial charge on any atom is 0.236 e. The van der Waals surface area contributed by atoms with E-state index >= 15 is 0 Å². The van der Waals surface area contributed by atoms with Crippen LogP contribution >= 0.6 is 0 Å². The largest absolute Gasteiger partial charge is 0.324 e. The average Bonchev–Trinajstić information content (AvgIpc) is 2.32. The summed E-state index contributed by atoms with van der Waals surface area (Å²) in [6.45, 7) is 4.58. The van der Waals surface area contributed by atoms with Crippen LogP contribution in [-0.4, -0.2) is 22.5 Å². The van der Waals surface area contributed by atoms with Gasteiger partial charge in [0, 0.05) is 0 Å². The summed E-state index contributed by atoms with van der Waals surface area (Å²) in [5.41, 5.74) is 0.676. The Morgan fingerprint density at radius 3 is 2.07 bits per heavy atom. The molecule has 0 heterocycles. The monoisotopic (exact) mass is 222 g/mol. The fraction of sp³-hybridized carbons (Fsp3) is 0.500. The van der Waals surface area contributed by atoms with Gasteiger partial charge in [0.15, 0.2) is 0 Å². The molecule has 0 amide bonds. The van der Waals surface area contributed by atoms with E-state index in [1.165, 1.54) is 11.6 Å². The van der Waals surface area contributed by atoms with E-state index < -0.39 is 8.40 Å². The zero-order valence-electron chi connectivity index (χ0n) is 10.2. The van der Waals surface area contributed by atoms with Gasteiger partial charge in [-0.15, -0.1) is 0 Å². The molecule has 0 aliphatic carbocycles. The third kappa shape index (κ3) is 2.30. The molecule has 0 aliphatic rings. The molecular weight excluding hydrogens is 200 g/mol. The van der Waals surface area contributed by atoms with Crippen LogP contribution in [-0.2, 0) is 0 Å². The minimum absolute atomic E-state index is 0.676. The molecule has 0 bridgehead atoms. The quantitative estimate of drug-likeness (QED) is 0.739. The molecule has 15 heavy (non-hydrogen) atoms. The minimum Gasteiger partial charge on any atom is -0.324 e. The van der Waals surface area contributed by atoms with E-state index in [9.17, 15) is 0 Å². The van der Waals surface area contributed by atoms with Crippen molar-refractivity contribution in [2.75, 3.05) is 14.1 Å². The van der Waals surface area contributed by atoms with Crippen LogP contribution in [0.1, 0.15) is 20.3 Å². The standard InChI is InChI=1S/C12H22N2Si/c1-5-11(2)15(13-3,14-4)12-9-7-6-8-10-12/h6-11,13-14H,5H2,1-4H3. The fourth-order valence-corrected chi connectivity index (χ4v) is 5.91. The minimum atomic E-state index is -1.72. The van der Waals surface area contributed by atoms with Crippen molar-refractivity contribution < 1.29 is 0 Å². The molecule has 2 nitrogen and oxygen atoms in total. The fourth-order valence-electron chi connectivity index (χ4n) is 2.20. The predicted molar refractivity (Wildman–Crippen MR) is 69.7 cm³/mol. The average molecular weight is 222 g/mol. The van der Waals surface area contributed by atoms with Crippen molar-refractivity contribution in [1.82, 2.24) is 9.96 Å². The highest BCUT2D eigenvalue weighted by molar-refractivity contribution is 6.88. The lowest BCUT2D eigenvalue weighted by Gasteiger charge is -2.36. The molecule has 0 saturated heterocycles. The van der Waals surface area contributed by atoms with Gasteiger partial charge in [-0.3, -0.25) is 0 Å². The third-order valence-corrected chi connectivity index (χ3v) is 8.08. The first-order valence-corrected chi connectivity index (χ1v) is 7.72. The van der Waals surface area contributed by atoms with Crippen molar-refractivity contribution in [2.45, 2.75) is 25.8 Å². The van der Waals surface area contributed by atoms with Gasteiger partial charge in [0.25, 0.3) is 0 Å². The van der Waals surface area contributed by atoms with Gasteiger partial charge in [0.05, 0.1) is 0 Å². The third-order valence-electron chi connectivity index (χ3n) is 3.37. The topological polar surface area (TPSA) is 24.1 Å². The Morgan fingerprint density at radius 2 is 1.67 bits per heavy atom. The number of hydrogen-bond donors (Lipinski definition) is 2. The van der Waals surface area contributed by atoms with Crippen LogP contribution in [0.5, 0.6) is 0 Å². The van der Waals surface area contributed by atoms with Gasteiger partial charge in [-0.25, -0.2) is 0 Å². The Morgan fingerprint density at radius 1 is 1.13 bits per heavy atom. The van der Waals surface area contributed by atoms with E-state index in [4.69, 9.17) is 0 Å². The molecule has 84 valence electrons. The van der Waals surface area contributed by atoms with Crippen molar-refractivity contribution in [1.29, 1.82) is 0 Å². The molecule has 0 aliphatic heterocycles. The molecule has 3 heteroatoms. The van der Waals surface area contributed by atoms with Gasteiger partial charge in [-0.2, -0.15) is 0 Å². The van der Waals surface area contributed by atoms with Crippen molar-refractivity contribution >= 4 is 13.6 Å². The molecule has 0 aromatic heterocycles. The molecule has 1 unspecified atom stereocenters. The lowest BCUT2D eigenvalue weighted by atomic mass is 10.4. The molecule has 0 saturated carbocycles. The van der Waals surface area contributed by atoms with E-state index in [1.54, 1.807) is 0 Å². The summed E-state index contributed by atoms with van der Waals surface area (Å²) >= 11 is 0. The van der Waals surface area contributed by atoms with Crippen LogP contribution in [0, 0.1) is 0 Å². The van der Waals surface area contributed by atoms with Gasteiger partial charge < -0.3 is 9.96 Å². The van der Waals surface area contributed by atoms with E-state index in [0.717, 1.165) is 0 Å². The van der Waals surface area contributed by atoms with Crippen LogP contribution in [0.3, 0.4) is 0 Å². The summed E-state index contributed by atoms with van der Waals surface area (Å²) in [4.78, 5) is 7.12. The number of nitrogens with one attached hydrogen (secondary N) is 2. The summed E-state index contributed by atoms with van der Waals surface area (Å²) in [6, 6.07) is 10.8. The lowest BCUT2D eigenvalue weighted by molar-refractivity contribution is 0.790. The van der Waals surface area contributed by atoms with Gasteiger partial charge in [-0.05, 0) is 24.8 Å². The molecule has 1 rings (SSSR count).